The average Bonchev–Trinajstić information content (AvgIpc) is 2.83. The summed E-state index contributed by atoms with van der Waals surface area (Å²) in [5, 5.41) is 11.1. The van der Waals surface area contributed by atoms with Crippen LogP contribution >= 0.6 is 0 Å². The molecule has 5 heteroatoms. The number of benzene rings is 1. The molecule has 2 aromatic rings. The highest BCUT2D eigenvalue weighted by Gasteiger charge is 2.09. The molecule has 1 amide bonds. The molecule has 0 atom stereocenters. The van der Waals surface area contributed by atoms with Crippen LogP contribution in [0.3, 0.4) is 0 Å². The summed E-state index contributed by atoms with van der Waals surface area (Å²) < 4.78 is 5.17. The molecule has 2 rings (SSSR count). The van der Waals surface area contributed by atoms with Crippen LogP contribution in [0.15, 0.2) is 41.3 Å². The van der Waals surface area contributed by atoms with Crippen LogP contribution in [0.2, 0.25) is 0 Å². The van der Waals surface area contributed by atoms with Crippen LogP contribution in [-0.2, 0) is 4.79 Å². The van der Waals surface area contributed by atoms with E-state index >= 15 is 0 Å². The van der Waals surface area contributed by atoms with E-state index in [1.807, 2.05) is 12.1 Å². The summed E-state index contributed by atoms with van der Waals surface area (Å²) >= 11 is 0. The lowest BCUT2D eigenvalue weighted by Crippen LogP contribution is -2.10. The van der Waals surface area contributed by atoms with Crippen molar-refractivity contribution in [1.29, 1.82) is 5.26 Å². The second-order valence-electron chi connectivity index (χ2n) is 3.29. The number of carbonyl (C=O) groups is 1. The van der Waals surface area contributed by atoms with Crippen molar-refractivity contribution < 1.29 is 9.21 Å². The van der Waals surface area contributed by atoms with Crippen molar-refractivity contribution in [2.24, 2.45) is 0 Å². The lowest BCUT2D eigenvalue weighted by atomic mass is 10.1. The number of amides is 1. The summed E-state index contributed by atoms with van der Waals surface area (Å²) in [4.78, 5) is 15.2. The van der Waals surface area contributed by atoms with Crippen molar-refractivity contribution in [2.75, 3.05) is 5.32 Å². The molecular weight excluding hydrogens is 218 g/mol. The minimum absolute atomic E-state index is 0.176. The lowest BCUT2D eigenvalue weighted by molar-refractivity contribution is -0.115. The molecule has 0 radical (unpaired) electrons. The van der Waals surface area contributed by atoms with E-state index in [4.69, 9.17) is 9.68 Å². The zero-order valence-electron chi connectivity index (χ0n) is 8.88. The molecule has 1 aromatic heterocycles. The van der Waals surface area contributed by atoms with Crippen LogP contribution < -0.4 is 5.32 Å². The number of rotatable bonds is 3. The Morgan fingerprint density at radius 2 is 2.29 bits per heavy atom. The molecule has 0 aliphatic carbocycles. The molecule has 1 heterocycles. The molecule has 0 unspecified atom stereocenters. The van der Waals surface area contributed by atoms with Gasteiger partial charge in [-0.3, -0.25) is 4.79 Å². The molecule has 0 saturated carbocycles. The van der Waals surface area contributed by atoms with Gasteiger partial charge >= 0.3 is 0 Å². The van der Waals surface area contributed by atoms with E-state index < -0.39 is 0 Å². The van der Waals surface area contributed by atoms with Crippen molar-refractivity contribution in [3.63, 3.8) is 0 Å². The highest BCUT2D eigenvalue weighted by Crippen LogP contribution is 2.27. The number of aromatic nitrogens is 1. The van der Waals surface area contributed by atoms with Crippen LogP contribution in [0.1, 0.15) is 6.42 Å². The Balaban J connectivity index is 2.29. The number of nitriles is 1. The molecule has 17 heavy (non-hydrogen) atoms. The topological polar surface area (TPSA) is 78.9 Å². The molecule has 0 bridgehead atoms. The van der Waals surface area contributed by atoms with Gasteiger partial charge in [-0.2, -0.15) is 5.26 Å². The van der Waals surface area contributed by atoms with Gasteiger partial charge in [0.2, 0.25) is 5.91 Å². The number of nitrogens with one attached hydrogen (secondary N) is 1. The number of nitrogens with zero attached hydrogens (tertiary/aromatic N) is 2. The van der Waals surface area contributed by atoms with E-state index in [1.54, 1.807) is 24.4 Å². The maximum Gasteiger partial charge on any atom is 0.238 e. The van der Waals surface area contributed by atoms with Gasteiger partial charge in [0.1, 0.15) is 6.42 Å². The Kier molecular flexibility index (Phi) is 3.17. The highest BCUT2D eigenvalue weighted by atomic mass is 16.3. The Hall–Kier alpha value is -2.61. The SMILES string of the molecule is N#CCC(=O)Nc1ccccc1-c1cnco1. The maximum absolute atomic E-state index is 11.4. The average molecular weight is 227 g/mol. The molecule has 1 aromatic carbocycles. The van der Waals surface area contributed by atoms with Crippen molar-refractivity contribution in [3.05, 3.63) is 36.9 Å². The van der Waals surface area contributed by atoms with Crippen molar-refractivity contribution >= 4 is 11.6 Å². The molecule has 0 spiro atoms. The predicted molar refractivity (Wildman–Crippen MR) is 60.8 cm³/mol. The summed E-state index contributed by atoms with van der Waals surface area (Å²) in [6, 6.07) is 8.97. The standard InChI is InChI=1S/C12H9N3O2/c13-6-5-12(16)15-10-4-2-1-3-9(10)11-7-14-8-17-11/h1-4,7-8H,5H2,(H,15,16). The van der Waals surface area contributed by atoms with Gasteiger partial charge in [0.05, 0.1) is 18.0 Å². The summed E-state index contributed by atoms with van der Waals surface area (Å²) in [6.45, 7) is 0. The van der Waals surface area contributed by atoms with Crippen molar-refractivity contribution in [1.82, 2.24) is 4.98 Å². The normalized spacial score (nSPS) is 9.59. The Morgan fingerprint density at radius 3 is 3.00 bits per heavy atom. The third-order valence-electron chi connectivity index (χ3n) is 2.14. The van der Waals surface area contributed by atoms with Gasteiger partial charge in [-0.25, -0.2) is 4.98 Å². The van der Waals surface area contributed by atoms with Crippen LogP contribution in [-0.4, -0.2) is 10.9 Å². The number of anilines is 1. The van der Waals surface area contributed by atoms with Gasteiger partial charge in [-0.05, 0) is 12.1 Å². The third kappa shape index (κ3) is 2.49. The van der Waals surface area contributed by atoms with Gasteiger partial charge in [-0.15, -0.1) is 0 Å². The molecule has 0 aliphatic heterocycles. The van der Waals surface area contributed by atoms with Gasteiger partial charge in [0.25, 0.3) is 0 Å². The summed E-state index contributed by atoms with van der Waals surface area (Å²) in [7, 11) is 0. The Morgan fingerprint density at radius 1 is 1.47 bits per heavy atom. The van der Waals surface area contributed by atoms with Gasteiger partial charge in [0.15, 0.2) is 12.2 Å². The number of hydrogen-bond acceptors (Lipinski definition) is 4. The van der Waals surface area contributed by atoms with Crippen molar-refractivity contribution in [3.8, 4) is 17.4 Å². The lowest BCUT2D eigenvalue weighted by Gasteiger charge is -2.07. The minimum Gasteiger partial charge on any atom is -0.443 e. The number of hydrogen-bond donors (Lipinski definition) is 1. The molecule has 5 nitrogen and oxygen atoms in total. The Bertz CT molecular complexity index is 555. The zero-order valence-corrected chi connectivity index (χ0v) is 8.88. The quantitative estimate of drug-likeness (QED) is 0.871. The van der Waals surface area contributed by atoms with Gasteiger partial charge < -0.3 is 9.73 Å². The first-order chi connectivity index (χ1) is 8.31. The first kappa shape index (κ1) is 10.9. The molecule has 0 saturated heterocycles. The molecular formula is C12H9N3O2. The van der Waals surface area contributed by atoms with E-state index in [0.29, 0.717) is 11.4 Å². The Labute approximate surface area is 97.7 Å². The number of para-hydroxylation sites is 1. The van der Waals surface area contributed by atoms with Crippen LogP contribution in [0.4, 0.5) is 5.69 Å². The fourth-order valence-electron chi connectivity index (χ4n) is 1.42. The summed E-state index contributed by atoms with van der Waals surface area (Å²) in [6.07, 6.45) is 2.71. The van der Waals surface area contributed by atoms with E-state index in [9.17, 15) is 4.79 Å². The van der Waals surface area contributed by atoms with Gasteiger partial charge in [-0.1, -0.05) is 12.1 Å². The second kappa shape index (κ2) is 4.94. The van der Waals surface area contributed by atoms with E-state index in [0.717, 1.165) is 5.56 Å². The fraction of sp³-hybridized carbons (Fsp3) is 0.0833. The molecule has 0 aliphatic rings. The van der Waals surface area contributed by atoms with Gasteiger partial charge in [0, 0.05) is 5.56 Å². The van der Waals surface area contributed by atoms with Crippen LogP contribution in [0.25, 0.3) is 11.3 Å². The monoisotopic (exact) mass is 227 g/mol. The molecule has 84 valence electrons. The first-order valence-corrected chi connectivity index (χ1v) is 4.96. The first-order valence-electron chi connectivity index (χ1n) is 4.96. The van der Waals surface area contributed by atoms with E-state index in [1.165, 1.54) is 6.39 Å². The van der Waals surface area contributed by atoms with Crippen molar-refractivity contribution in [2.45, 2.75) is 6.42 Å². The summed E-state index contributed by atoms with van der Waals surface area (Å²) in [5.41, 5.74) is 1.33. The van der Waals surface area contributed by atoms with E-state index in [-0.39, 0.29) is 12.3 Å². The zero-order chi connectivity index (χ0) is 12.1. The fourth-order valence-corrected chi connectivity index (χ4v) is 1.42. The molecule has 1 N–H and O–H groups in total. The predicted octanol–water partition coefficient (Wildman–Crippen LogP) is 2.19. The highest BCUT2D eigenvalue weighted by molar-refractivity contribution is 5.95. The minimum atomic E-state index is -0.348. The smallest absolute Gasteiger partial charge is 0.238 e. The van der Waals surface area contributed by atoms with Crippen LogP contribution in [0.5, 0.6) is 0 Å². The molecule has 0 fully saturated rings. The second-order valence-corrected chi connectivity index (χ2v) is 3.29. The number of oxazole rings is 1. The van der Waals surface area contributed by atoms with E-state index in [2.05, 4.69) is 10.3 Å². The number of carbonyl (C=O) groups excluding carboxylic acids is 1. The third-order valence-corrected chi connectivity index (χ3v) is 2.14. The largest absolute Gasteiger partial charge is 0.443 e. The van der Waals surface area contributed by atoms with Crippen LogP contribution in [0, 0.1) is 11.3 Å². The summed E-state index contributed by atoms with van der Waals surface area (Å²) in [5.74, 6) is 0.220. The maximum atomic E-state index is 11.4.